The Morgan fingerprint density at radius 1 is 1.29 bits per heavy atom. The number of hydrogen-bond acceptors (Lipinski definition) is 4. The van der Waals surface area contributed by atoms with E-state index in [1.165, 1.54) is 0 Å². The van der Waals surface area contributed by atoms with E-state index >= 15 is 0 Å². The largest absolute Gasteiger partial charge is 0.493 e. The van der Waals surface area contributed by atoms with Crippen molar-refractivity contribution < 1.29 is 19.4 Å². The number of halogens is 1. The molecule has 0 atom stereocenters. The average molecular weight is 357 g/mol. The van der Waals surface area contributed by atoms with Crippen LogP contribution in [0, 0.1) is 0 Å². The Morgan fingerprint density at radius 3 is 2.71 bits per heavy atom. The normalized spacial score (nSPS) is 10.7. The van der Waals surface area contributed by atoms with Crippen LogP contribution in [-0.2, 0) is 16.0 Å². The van der Waals surface area contributed by atoms with Gasteiger partial charge in [-0.1, -0.05) is 11.6 Å². The second-order valence-corrected chi connectivity index (χ2v) is 6.19. The van der Waals surface area contributed by atoms with Crippen molar-refractivity contribution in [3.05, 3.63) is 28.8 Å². The smallest absolute Gasteiger partial charge is 0.303 e. The van der Waals surface area contributed by atoms with Gasteiger partial charge >= 0.3 is 5.97 Å². The average Bonchev–Trinajstić information content (AvgIpc) is 2.51. The van der Waals surface area contributed by atoms with Crippen LogP contribution in [0.5, 0.6) is 5.75 Å². The zero-order valence-electron chi connectivity index (χ0n) is 14.2. The predicted molar refractivity (Wildman–Crippen MR) is 93.7 cm³/mol. The highest BCUT2D eigenvalue weighted by molar-refractivity contribution is 6.30. The SMILES string of the molecule is CN(C)CCCOc1ccc(Cl)cc1CCNC(=O)CCC(=O)O. The van der Waals surface area contributed by atoms with Crippen molar-refractivity contribution in [1.29, 1.82) is 0 Å². The van der Waals surface area contributed by atoms with Crippen molar-refractivity contribution in [3.8, 4) is 5.75 Å². The number of hydrogen-bond donors (Lipinski definition) is 2. The standard InChI is InChI=1S/C17H25ClN2O4/c1-20(2)10-3-11-24-15-5-4-14(18)12-13(15)8-9-19-16(21)6-7-17(22)23/h4-5,12H,3,6-11H2,1-2H3,(H,19,21)(H,22,23). The molecule has 0 heterocycles. The fraction of sp³-hybridized carbons (Fsp3) is 0.529. The molecule has 0 saturated carbocycles. The number of aliphatic carboxylic acids is 1. The van der Waals surface area contributed by atoms with E-state index in [9.17, 15) is 9.59 Å². The van der Waals surface area contributed by atoms with E-state index in [1.807, 2.05) is 26.2 Å². The minimum atomic E-state index is -0.978. The van der Waals surface area contributed by atoms with Gasteiger partial charge in [-0.3, -0.25) is 9.59 Å². The van der Waals surface area contributed by atoms with Crippen LogP contribution in [0.25, 0.3) is 0 Å². The van der Waals surface area contributed by atoms with Crippen molar-refractivity contribution in [2.45, 2.75) is 25.7 Å². The molecule has 1 amide bonds. The first-order valence-electron chi connectivity index (χ1n) is 7.93. The monoisotopic (exact) mass is 356 g/mol. The van der Waals surface area contributed by atoms with Gasteiger partial charge in [-0.15, -0.1) is 0 Å². The van der Waals surface area contributed by atoms with Gasteiger partial charge < -0.3 is 20.1 Å². The van der Waals surface area contributed by atoms with E-state index in [0.29, 0.717) is 24.6 Å². The van der Waals surface area contributed by atoms with E-state index in [-0.39, 0.29) is 18.7 Å². The molecule has 0 aromatic heterocycles. The van der Waals surface area contributed by atoms with Gasteiger partial charge in [0.2, 0.25) is 5.91 Å². The highest BCUT2D eigenvalue weighted by atomic mass is 35.5. The molecule has 0 unspecified atom stereocenters. The number of benzene rings is 1. The molecule has 1 aromatic carbocycles. The summed E-state index contributed by atoms with van der Waals surface area (Å²) in [5.41, 5.74) is 0.922. The van der Waals surface area contributed by atoms with Crippen LogP contribution in [0.15, 0.2) is 18.2 Å². The summed E-state index contributed by atoms with van der Waals surface area (Å²) in [6, 6.07) is 5.43. The van der Waals surface area contributed by atoms with E-state index < -0.39 is 5.97 Å². The number of ether oxygens (including phenoxy) is 1. The molecule has 2 N–H and O–H groups in total. The molecule has 0 bridgehead atoms. The lowest BCUT2D eigenvalue weighted by atomic mass is 10.1. The van der Waals surface area contributed by atoms with Gasteiger partial charge in [0.05, 0.1) is 13.0 Å². The maximum absolute atomic E-state index is 11.5. The van der Waals surface area contributed by atoms with Gasteiger partial charge in [0.1, 0.15) is 5.75 Å². The van der Waals surface area contributed by atoms with Crippen LogP contribution in [0.4, 0.5) is 0 Å². The second kappa shape index (κ2) is 10.9. The van der Waals surface area contributed by atoms with E-state index in [0.717, 1.165) is 24.3 Å². The lowest BCUT2D eigenvalue weighted by Gasteiger charge is -2.14. The maximum atomic E-state index is 11.5. The molecule has 0 fully saturated rings. The van der Waals surface area contributed by atoms with Crippen LogP contribution in [0.3, 0.4) is 0 Å². The lowest BCUT2D eigenvalue weighted by Crippen LogP contribution is -2.26. The second-order valence-electron chi connectivity index (χ2n) is 5.75. The summed E-state index contributed by atoms with van der Waals surface area (Å²) >= 11 is 6.03. The zero-order valence-corrected chi connectivity index (χ0v) is 14.9. The van der Waals surface area contributed by atoms with Crippen LogP contribution < -0.4 is 10.1 Å². The van der Waals surface area contributed by atoms with E-state index in [4.69, 9.17) is 21.4 Å². The Hall–Kier alpha value is -1.79. The molecule has 0 radical (unpaired) electrons. The molecule has 134 valence electrons. The summed E-state index contributed by atoms with van der Waals surface area (Å²) in [6.07, 6.45) is 1.31. The van der Waals surface area contributed by atoms with Crippen molar-refractivity contribution in [2.24, 2.45) is 0 Å². The minimum absolute atomic E-state index is 0.0151. The third-order valence-corrected chi connectivity index (χ3v) is 3.55. The molecule has 0 spiro atoms. The van der Waals surface area contributed by atoms with Crippen molar-refractivity contribution >= 4 is 23.5 Å². The first kappa shape index (κ1) is 20.3. The third kappa shape index (κ3) is 8.74. The Bertz CT molecular complexity index is 549. The number of carboxylic acids is 1. The Labute approximate surface area is 147 Å². The van der Waals surface area contributed by atoms with Gasteiger partial charge in [0.15, 0.2) is 0 Å². The van der Waals surface area contributed by atoms with Crippen molar-refractivity contribution in [3.63, 3.8) is 0 Å². The fourth-order valence-corrected chi connectivity index (χ4v) is 2.29. The Balaban J connectivity index is 2.46. The van der Waals surface area contributed by atoms with Crippen LogP contribution >= 0.6 is 11.6 Å². The van der Waals surface area contributed by atoms with Crippen LogP contribution in [-0.4, -0.2) is 55.7 Å². The van der Waals surface area contributed by atoms with Gasteiger partial charge in [0, 0.05) is 24.5 Å². The van der Waals surface area contributed by atoms with Gasteiger partial charge in [-0.2, -0.15) is 0 Å². The number of nitrogens with zero attached hydrogens (tertiary/aromatic N) is 1. The predicted octanol–water partition coefficient (Wildman–Crippen LogP) is 2.19. The summed E-state index contributed by atoms with van der Waals surface area (Å²) in [7, 11) is 4.03. The third-order valence-electron chi connectivity index (χ3n) is 3.31. The molecule has 1 aromatic rings. The molecular formula is C17H25ClN2O4. The first-order chi connectivity index (χ1) is 11.4. The highest BCUT2D eigenvalue weighted by Crippen LogP contribution is 2.23. The summed E-state index contributed by atoms with van der Waals surface area (Å²) in [5, 5.41) is 11.9. The quantitative estimate of drug-likeness (QED) is 0.594. The molecule has 0 aliphatic rings. The number of rotatable bonds is 11. The Kier molecular flexibility index (Phi) is 9.19. The summed E-state index contributed by atoms with van der Waals surface area (Å²) in [4.78, 5) is 24.1. The van der Waals surface area contributed by atoms with Gasteiger partial charge in [0.25, 0.3) is 0 Å². The maximum Gasteiger partial charge on any atom is 0.303 e. The van der Waals surface area contributed by atoms with Crippen molar-refractivity contribution in [1.82, 2.24) is 10.2 Å². The number of carboxylic acid groups (broad SMARTS) is 1. The van der Waals surface area contributed by atoms with Gasteiger partial charge in [-0.25, -0.2) is 0 Å². The number of carbonyl (C=O) groups excluding carboxylic acids is 1. The lowest BCUT2D eigenvalue weighted by molar-refractivity contribution is -0.138. The summed E-state index contributed by atoms with van der Waals surface area (Å²) < 4.78 is 5.80. The zero-order chi connectivity index (χ0) is 17.9. The van der Waals surface area contributed by atoms with Crippen LogP contribution in [0.2, 0.25) is 5.02 Å². The number of carbonyl (C=O) groups is 2. The highest BCUT2D eigenvalue weighted by Gasteiger charge is 2.08. The van der Waals surface area contributed by atoms with E-state index in [1.54, 1.807) is 6.07 Å². The number of amides is 1. The Morgan fingerprint density at radius 2 is 2.04 bits per heavy atom. The number of nitrogens with one attached hydrogen (secondary N) is 1. The van der Waals surface area contributed by atoms with E-state index in [2.05, 4.69) is 10.2 Å². The molecule has 0 aliphatic carbocycles. The molecule has 1 rings (SSSR count). The molecule has 6 nitrogen and oxygen atoms in total. The molecule has 0 saturated heterocycles. The molecule has 7 heteroatoms. The summed E-state index contributed by atoms with van der Waals surface area (Å²) in [6.45, 7) is 1.97. The fourth-order valence-electron chi connectivity index (χ4n) is 2.09. The van der Waals surface area contributed by atoms with Crippen LogP contribution in [0.1, 0.15) is 24.8 Å². The summed E-state index contributed by atoms with van der Waals surface area (Å²) in [5.74, 6) is -0.487. The molecule has 0 aliphatic heterocycles. The topological polar surface area (TPSA) is 78.9 Å². The first-order valence-corrected chi connectivity index (χ1v) is 8.30. The molecular weight excluding hydrogens is 332 g/mol. The minimum Gasteiger partial charge on any atom is -0.493 e. The van der Waals surface area contributed by atoms with Gasteiger partial charge in [-0.05, 0) is 50.7 Å². The van der Waals surface area contributed by atoms with Crippen molar-refractivity contribution in [2.75, 3.05) is 33.8 Å². The molecule has 24 heavy (non-hydrogen) atoms.